The summed E-state index contributed by atoms with van der Waals surface area (Å²) in [4.78, 5) is 11.7. The first-order chi connectivity index (χ1) is 9.75. The van der Waals surface area contributed by atoms with E-state index in [9.17, 15) is 4.79 Å². The number of aromatic nitrogens is 2. The standard InChI is InChI=1S/C14H17ClN4O/c15-12-5-1-2-6-13(12)18-14(20)11-16-7-3-9-19-10-4-8-17-19/h1-2,4-6,8,10,16H,3,7,9,11H2,(H,18,20). The quantitative estimate of drug-likeness (QED) is 0.769. The average molecular weight is 293 g/mol. The Morgan fingerprint density at radius 3 is 2.90 bits per heavy atom. The Balaban J connectivity index is 1.62. The smallest absolute Gasteiger partial charge is 0.238 e. The third-order valence-electron chi connectivity index (χ3n) is 2.73. The molecule has 2 rings (SSSR count). The van der Waals surface area contributed by atoms with Crippen LogP contribution in [0.15, 0.2) is 42.7 Å². The van der Waals surface area contributed by atoms with Crippen molar-refractivity contribution in [3.63, 3.8) is 0 Å². The first-order valence-electron chi connectivity index (χ1n) is 6.48. The van der Waals surface area contributed by atoms with Gasteiger partial charge in [0.25, 0.3) is 0 Å². The van der Waals surface area contributed by atoms with Gasteiger partial charge in [0, 0.05) is 18.9 Å². The van der Waals surface area contributed by atoms with Crippen LogP contribution < -0.4 is 10.6 Å². The summed E-state index contributed by atoms with van der Waals surface area (Å²) in [5.74, 6) is -0.0998. The van der Waals surface area contributed by atoms with Crippen LogP contribution in [0.3, 0.4) is 0 Å². The molecule has 20 heavy (non-hydrogen) atoms. The third-order valence-corrected chi connectivity index (χ3v) is 3.06. The van der Waals surface area contributed by atoms with Crippen LogP contribution in [0.5, 0.6) is 0 Å². The van der Waals surface area contributed by atoms with E-state index in [1.165, 1.54) is 0 Å². The molecule has 0 saturated heterocycles. The molecule has 0 saturated carbocycles. The van der Waals surface area contributed by atoms with Gasteiger partial charge in [-0.2, -0.15) is 5.10 Å². The van der Waals surface area contributed by atoms with Crippen molar-refractivity contribution in [2.75, 3.05) is 18.4 Å². The Hall–Kier alpha value is -1.85. The molecule has 0 spiro atoms. The Labute approximate surface area is 122 Å². The highest BCUT2D eigenvalue weighted by Gasteiger charge is 2.04. The van der Waals surface area contributed by atoms with Gasteiger partial charge in [0.15, 0.2) is 0 Å². The van der Waals surface area contributed by atoms with Crippen LogP contribution in [0.1, 0.15) is 6.42 Å². The summed E-state index contributed by atoms with van der Waals surface area (Å²) in [7, 11) is 0. The normalized spacial score (nSPS) is 10.4. The minimum atomic E-state index is -0.0998. The van der Waals surface area contributed by atoms with E-state index in [0.29, 0.717) is 10.7 Å². The second-order valence-corrected chi connectivity index (χ2v) is 4.73. The van der Waals surface area contributed by atoms with Gasteiger partial charge in [0.2, 0.25) is 5.91 Å². The molecule has 6 heteroatoms. The first-order valence-corrected chi connectivity index (χ1v) is 6.86. The Kier molecular flexibility index (Phi) is 5.58. The molecule has 0 atom stereocenters. The summed E-state index contributed by atoms with van der Waals surface area (Å²) in [6.07, 6.45) is 4.59. The van der Waals surface area contributed by atoms with Crippen molar-refractivity contribution in [1.29, 1.82) is 0 Å². The SMILES string of the molecule is O=C(CNCCCn1cccn1)Nc1ccccc1Cl. The Morgan fingerprint density at radius 1 is 1.30 bits per heavy atom. The van der Waals surface area contributed by atoms with E-state index >= 15 is 0 Å². The molecule has 0 fully saturated rings. The van der Waals surface area contributed by atoms with Gasteiger partial charge >= 0.3 is 0 Å². The number of hydrogen-bond donors (Lipinski definition) is 2. The van der Waals surface area contributed by atoms with Crippen molar-refractivity contribution in [3.8, 4) is 0 Å². The lowest BCUT2D eigenvalue weighted by Gasteiger charge is -2.08. The highest BCUT2D eigenvalue weighted by atomic mass is 35.5. The van der Waals surface area contributed by atoms with E-state index in [1.54, 1.807) is 18.3 Å². The van der Waals surface area contributed by atoms with Crippen LogP contribution in [-0.2, 0) is 11.3 Å². The molecule has 0 aliphatic heterocycles. The second-order valence-electron chi connectivity index (χ2n) is 4.33. The molecular formula is C14H17ClN4O. The lowest BCUT2D eigenvalue weighted by molar-refractivity contribution is -0.115. The number of nitrogens with one attached hydrogen (secondary N) is 2. The topological polar surface area (TPSA) is 59.0 Å². The molecule has 0 bridgehead atoms. The first kappa shape index (κ1) is 14.6. The Morgan fingerprint density at radius 2 is 2.15 bits per heavy atom. The van der Waals surface area contributed by atoms with Crippen LogP contribution >= 0.6 is 11.6 Å². The predicted molar refractivity (Wildman–Crippen MR) is 79.8 cm³/mol. The van der Waals surface area contributed by atoms with Gasteiger partial charge in [-0.1, -0.05) is 23.7 Å². The fourth-order valence-corrected chi connectivity index (χ4v) is 1.94. The number of rotatable bonds is 7. The number of amides is 1. The number of carbonyl (C=O) groups is 1. The fraction of sp³-hybridized carbons (Fsp3) is 0.286. The van der Waals surface area contributed by atoms with E-state index in [4.69, 9.17) is 11.6 Å². The van der Waals surface area contributed by atoms with Gasteiger partial charge in [-0.3, -0.25) is 9.48 Å². The van der Waals surface area contributed by atoms with Crippen molar-refractivity contribution in [1.82, 2.24) is 15.1 Å². The molecular weight excluding hydrogens is 276 g/mol. The fourth-order valence-electron chi connectivity index (χ4n) is 1.76. The number of anilines is 1. The highest BCUT2D eigenvalue weighted by molar-refractivity contribution is 6.33. The number of carbonyl (C=O) groups excluding carboxylic acids is 1. The van der Waals surface area contributed by atoms with Gasteiger partial charge in [-0.15, -0.1) is 0 Å². The van der Waals surface area contributed by atoms with E-state index in [-0.39, 0.29) is 12.5 Å². The maximum atomic E-state index is 11.7. The number of hydrogen-bond acceptors (Lipinski definition) is 3. The van der Waals surface area contributed by atoms with Gasteiger partial charge in [-0.05, 0) is 31.2 Å². The van der Waals surface area contributed by atoms with Crippen LogP contribution in [0.25, 0.3) is 0 Å². The largest absolute Gasteiger partial charge is 0.324 e. The summed E-state index contributed by atoms with van der Waals surface area (Å²) in [5, 5.41) is 10.5. The molecule has 0 aliphatic rings. The molecule has 1 aromatic heterocycles. The van der Waals surface area contributed by atoms with Crippen LogP contribution in [0.2, 0.25) is 5.02 Å². The molecule has 5 nitrogen and oxygen atoms in total. The van der Waals surface area contributed by atoms with Crippen molar-refractivity contribution in [2.24, 2.45) is 0 Å². The maximum absolute atomic E-state index is 11.7. The predicted octanol–water partition coefficient (Wildman–Crippen LogP) is 2.15. The minimum Gasteiger partial charge on any atom is -0.324 e. The summed E-state index contributed by atoms with van der Waals surface area (Å²) >= 11 is 5.96. The van der Waals surface area contributed by atoms with Crippen LogP contribution in [0.4, 0.5) is 5.69 Å². The molecule has 0 radical (unpaired) electrons. The van der Waals surface area contributed by atoms with Gasteiger partial charge in [-0.25, -0.2) is 0 Å². The lowest BCUT2D eigenvalue weighted by Crippen LogP contribution is -2.29. The van der Waals surface area contributed by atoms with Crippen molar-refractivity contribution in [3.05, 3.63) is 47.7 Å². The van der Waals surface area contributed by atoms with Gasteiger partial charge < -0.3 is 10.6 Å². The average Bonchev–Trinajstić information content (AvgIpc) is 2.94. The number of benzene rings is 1. The zero-order valence-corrected chi connectivity index (χ0v) is 11.8. The molecule has 2 aromatic rings. The number of halogens is 1. The van der Waals surface area contributed by atoms with E-state index in [1.807, 2.05) is 29.1 Å². The minimum absolute atomic E-state index is 0.0998. The molecule has 1 aromatic carbocycles. The van der Waals surface area contributed by atoms with Crippen molar-refractivity contribution >= 4 is 23.2 Å². The highest BCUT2D eigenvalue weighted by Crippen LogP contribution is 2.19. The molecule has 106 valence electrons. The zero-order chi connectivity index (χ0) is 14.2. The monoisotopic (exact) mass is 292 g/mol. The molecule has 0 unspecified atom stereocenters. The summed E-state index contributed by atoms with van der Waals surface area (Å²) in [5.41, 5.74) is 0.637. The molecule has 1 heterocycles. The van der Waals surface area contributed by atoms with Crippen LogP contribution in [-0.4, -0.2) is 28.8 Å². The number of para-hydroxylation sites is 1. The van der Waals surface area contributed by atoms with E-state index < -0.39 is 0 Å². The molecule has 0 aliphatic carbocycles. The van der Waals surface area contributed by atoms with E-state index in [0.717, 1.165) is 19.5 Å². The number of nitrogens with zero attached hydrogens (tertiary/aromatic N) is 2. The Bertz CT molecular complexity index is 542. The van der Waals surface area contributed by atoms with Crippen LogP contribution in [0, 0.1) is 0 Å². The molecule has 1 amide bonds. The van der Waals surface area contributed by atoms with Gasteiger partial charge in [0.05, 0.1) is 17.3 Å². The summed E-state index contributed by atoms with van der Waals surface area (Å²) in [6.45, 7) is 1.87. The van der Waals surface area contributed by atoms with E-state index in [2.05, 4.69) is 15.7 Å². The molecule has 2 N–H and O–H groups in total. The summed E-state index contributed by atoms with van der Waals surface area (Å²) in [6, 6.07) is 9.07. The maximum Gasteiger partial charge on any atom is 0.238 e. The number of aryl methyl sites for hydroxylation is 1. The lowest BCUT2D eigenvalue weighted by atomic mass is 10.3. The zero-order valence-electron chi connectivity index (χ0n) is 11.1. The van der Waals surface area contributed by atoms with Crippen molar-refractivity contribution < 1.29 is 4.79 Å². The third kappa shape index (κ3) is 4.68. The van der Waals surface area contributed by atoms with Crippen molar-refractivity contribution in [2.45, 2.75) is 13.0 Å². The second kappa shape index (κ2) is 7.67. The summed E-state index contributed by atoms with van der Waals surface area (Å²) < 4.78 is 1.87. The van der Waals surface area contributed by atoms with Gasteiger partial charge in [0.1, 0.15) is 0 Å².